The van der Waals surface area contributed by atoms with Crippen molar-refractivity contribution >= 4 is 11.7 Å². The molecule has 1 fully saturated rings. The van der Waals surface area contributed by atoms with Gasteiger partial charge in [-0.15, -0.1) is 0 Å². The first kappa shape index (κ1) is 13.9. The largest absolute Gasteiger partial charge is 0.478 e. The van der Waals surface area contributed by atoms with E-state index in [0.29, 0.717) is 17.5 Å². The molecule has 0 spiro atoms. The highest BCUT2D eigenvalue weighted by atomic mass is 16.4. The van der Waals surface area contributed by atoms with Crippen LogP contribution in [0.3, 0.4) is 0 Å². The molecule has 3 nitrogen and oxygen atoms in total. The Kier molecular flexibility index (Phi) is 4.13. The number of carboxylic acids is 1. The van der Waals surface area contributed by atoms with E-state index in [1.54, 1.807) is 12.1 Å². The third-order valence-corrected chi connectivity index (χ3v) is 4.28. The molecule has 3 heteroatoms. The predicted octanol–water partition coefficient (Wildman–Crippen LogP) is 3.93. The lowest BCUT2D eigenvalue weighted by Gasteiger charge is -2.34. The maximum atomic E-state index is 11.0. The van der Waals surface area contributed by atoms with Crippen molar-refractivity contribution in [3.05, 3.63) is 29.3 Å². The Labute approximate surface area is 115 Å². The fourth-order valence-corrected chi connectivity index (χ4v) is 2.84. The number of aromatic carboxylic acids is 1. The first-order valence-electron chi connectivity index (χ1n) is 7.08. The summed E-state index contributed by atoms with van der Waals surface area (Å²) in [5.41, 5.74) is 2.42. The van der Waals surface area contributed by atoms with Crippen molar-refractivity contribution in [3.63, 3.8) is 0 Å². The molecule has 1 aromatic carbocycles. The number of nitrogens with one attached hydrogen (secondary N) is 1. The monoisotopic (exact) mass is 261 g/mol. The molecule has 0 radical (unpaired) electrons. The van der Waals surface area contributed by atoms with E-state index >= 15 is 0 Å². The van der Waals surface area contributed by atoms with Gasteiger partial charge in [0.15, 0.2) is 0 Å². The van der Waals surface area contributed by atoms with Crippen LogP contribution in [-0.4, -0.2) is 17.1 Å². The Hall–Kier alpha value is -1.51. The van der Waals surface area contributed by atoms with Gasteiger partial charge in [0.25, 0.3) is 0 Å². The van der Waals surface area contributed by atoms with Gasteiger partial charge in [0.05, 0.1) is 5.56 Å². The van der Waals surface area contributed by atoms with Gasteiger partial charge in [-0.2, -0.15) is 0 Å². The van der Waals surface area contributed by atoms with Crippen molar-refractivity contribution in [2.24, 2.45) is 11.8 Å². The molecule has 3 unspecified atom stereocenters. The summed E-state index contributed by atoms with van der Waals surface area (Å²) in [7, 11) is 0. The zero-order chi connectivity index (χ0) is 14.0. The number of hydrogen-bond acceptors (Lipinski definition) is 2. The van der Waals surface area contributed by atoms with Crippen molar-refractivity contribution in [1.82, 2.24) is 0 Å². The molecule has 1 saturated carbocycles. The molecule has 1 aromatic rings. The summed E-state index contributed by atoms with van der Waals surface area (Å²) >= 11 is 0. The number of hydrogen-bond donors (Lipinski definition) is 2. The van der Waals surface area contributed by atoms with Crippen molar-refractivity contribution in [3.8, 4) is 0 Å². The van der Waals surface area contributed by atoms with Gasteiger partial charge in [-0.1, -0.05) is 26.3 Å². The van der Waals surface area contributed by atoms with Crippen LogP contribution in [0, 0.1) is 18.8 Å². The van der Waals surface area contributed by atoms with E-state index in [4.69, 9.17) is 5.11 Å². The van der Waals surface area contributed by atoms with Crippen LogP contribution in [0.25, 0.3) is 0 Å². The van der Waals surface area contributed by atoms with Crippen molar-refractivity contribution < 1.29 is 9.90 Å². The number of carbonyl (C=O) groups is 1. The summed E-state index contributed by atoms with van der Waals surface area (Å²) in [4.78, 5) is 11.0. The summed E-state index contributed by atoms with van der Waals surface area (Å²) in [6.07, 6.45) is 3.71. The maximum Gasteiger partial charge on any atom is 0.335 e. The topological polar surface area (TPSA) is 49.3 Å². The van der Waals surface area contributed by atoms with E-state index in [0.717, 1.165) is 23.6 Å². The molecule has 0 aromatic heterocycles. The molecular formula is C16H23NO2. The molecular weight excluding hydrogens is 238 g/mol. The van der Waals surface area contributed by atoms with E-state index in [9.17, 15) is 4.79 Å². The van der Waals surface area contributed by atoms with Gasteiger partial charge in [-0.3, -0.25) is 0 Å². The Balaban J connectivity index is 2.17. The summed E-state index contributed by atoms with van der Waals surface area (Å²) in [5, 5.41) is 12.6. The third-order valence-electron chi connectivity index (χ3n) is 4.28. The van der Waals surface area contributed by atoms with Gasteiger partial charge in [-0.25, -0.2) is 4.79 Å². The summed E-state index contributed by atoms with van der Waals surface area (Å²) in [6, 6.07) is 5.74. The lowest BCUT2D eigenvalue weighted by molar-refractivity contribution is 0.0697. The fraction of sp³-hybridized carbons (Fsp3) is 0.562. The lowest BCUT2D eigenvalue weighted by Crippen LogP contribution is -2.33. The summed E-state index contributed by atoms with van der Waals surface area (Å²) in [5.74, 6) is 0.522. The minimum atomic E-state index is -0.867. The molecule has 3 atom stereocenters. The second-order valence-electron chi connectivity index (χ2n) is 5.98. The quantitative estimate of drug-likeness (QED) is 0.866. The van der Waals surface area contributed by atoms with Crippen LogP contribution >= 0.6 is 0 Å². The third kappa shape index (κ3) is 3.28. The van der Waals surface area contributed by atoms with Gasteiger partial charge < -0.3 is 10.4 Å². The minimum Gasteiger partial charge on any atom is -0.478 e. The molecule has 0 amide bonds. The average molecular weight is 261 g/mol. The SMILES string of the molecule is Cc1ccc(C(=O)O)cc1NC1CC(C)CCC1C. The molecule has 19 heavy (non-hydrogen) atoms. The zero-order valence-corrected chi connectivity index (χ0v) is 11.9. The van der Waals surface area contributed by atoms with Crippen molar-refractivity contribution in [2.45, 2.75) is 46.1 Å². The second-order valence-corrected chi connectivity index (χ2v) is 5.98. The van der Waals surface area contributed by atoms with E-state index in [1.165, 1.54) is 12.8 Å². The molecule has 0 aliphatic heterocycles. The molecule has 2 N–H and O–H groups in total. The number of carboxylic acid groups (broad SMARTS) is 1. The van der Waals surface area contributed by atoms with Gasteiger partial charge in [0.2, 0.25) is 0 Å². The number of anilines is 1. The Morgan fingerprint density at radius 2 is 2.05 bits per heavy atom. The highest BCUT2D eigenvalue weighted by molar-refractivity contribution is 5.89. The highest BCUT2D eigenvalue weighted by Gasteiger charge is 2.25. The zero-order valence-electron chi connectivity index (χ0n) is 11.9. The molecule has 1 aliphatic rings. The van der Waals surface area contributed by atoms with Crippen molar-refractivity contribution in [1.29, 1.82) is 0 Å². The standard InChI is InChI=1S/C16H23NO2/c1-10-4-5-11(2)14(8-10)17-15-9-13(16(18)19)7-6-12(15)3/h6-7,9-11,14,17H,4-5,8H2,1-3H3,(H,18,19). The van der Waals surface area contributed by atoms with E-state index in [2.05, 4.69) is 19.2 Å². The molecule has 0 bridgehead atoms. The fourth-order valence-electron chi connectivity index (χ4n) is 2.84. The summed E-state index contributed by atoms with van der Waals surface area (Å²) < 4.78 is 0. The number of rotatable bonds is 3. The van der Waals surface area contributed by atoms with Gasteiger partial charge >= 0.3 is 5.97 Å². The Morgan fingerprint density at radius 3 is 2.74 bits per heavy atom. The molecule has 1 aliphatic carbocycles. The van der Waals surface area contributed by atoms with Gasteiger partial charge in [0.1, 0.15) is 0 Å². The molecule has 0 saturated heterocycles. The van der Waals surface area contributed by atoms with Crippen LogP contribution in [0.2, 0.25) is 0 Å². The van der Waals surface area contributed by atoms with Crippen LogP contribution in [0.5, 0.6) is 0 Å². The smallest absolute Gasteiger partial charge is 0.335 e. The van der Waals surface area contributed by atoms with Gasteiger partial charge in [0, 0.05) is 11.7 Å². The van der Waals surface area contributed by atoms with Crippen LogP contribution in [-0.2, 0) is 0 Å². The average Bonchev–Trinajstić information content (AvgIpc) is 2.36. The van der Waals surface area contributed by atoms with Gasteiger partial charge in [-0.05, 0) is 49.3 Å². The van der Waals surface area contributed by atoms with E-state index < -0.39 is 5.97 Å². The number of aryl methyl sites for hydroxylation is 1. The molecule has 104 valence electrons. The van der Waals surface area contributed by atoms with E-state index in [-0.39, 0.29) is 0 Å². The van der Waals surface area contributed by atoms with Crippen LogP contribution in [0.4, 0.5) is 5.69 Å². The molecule has 0 heterocycles. The second kappa shape index (κ2) is 5.64. The van der Waals surface area contributed by atoms with Crippen LogP contribution in [0.1, 0.15) is 49.0 Å². The normalized spacial score (nSPS) is 27.0. The van der Waals surface area contributed by atoms with Crippen LogP contribution in [0.15, 0.2) is 18.2 Å². The first-order chi connectivity index (χ1) is 8.97. The van der Waals surface area contributed by atoms with Crippen molar-refractivity contribution in [2.75, 3.05) is 5.32 Å². The maximum absolute atomic E-state index is 11.0. The minimum absolute atomic E-state index is 0.351. The first-order valence-corrected chi connectivity index (χ1v) is 7.08. The Bertz CT molecular complexity index is 470. The summed E-state index contributed by atoms with van der Waals surface area (Å²) in [6.45, 7) is 6.59. The lowest BCUT2D eigenvalue weighted by atomic mass is 9.80. The van der Waals surface area contributed by atoms with Crippen LogP contribution < -0.4 is 5.32 Å². The number of benzene rings is 1. The van der Waals surface area contributed by atoms with E-state index in [1.807, 2.05) is 13.0 Å². The molecule has 2 rings (SSSR count). The highest BCUT2D eigenvalue weighted by Crippen LogP contribution is 2.31. The predicted molar refractivity (Wildman–Crippen MR) is 77.7 cm³/mol. The Morgan fingerprint density at radius 1 is 1.32 bits per heavy atom.